The van der Waals surface area contributed by atoms with Crippen LogP contribution >= 0.6 is 11.6 Å². The van der Waals surface area contributed by atoms with Gasteiger partial charge in [0.05, 0.1) is 37.3 Å². The van der Waals surface area contributed by atoms with Crippen LogP contribution in [-0.4, -0.2) is 43.9 Å². The Morgan fingerprint density at radius 3 is 2.70 bits per heavy atom. The van der Waals surface area contributed by atoms with Crippen molar-refractivity contribution in [2.45, 2.75) is 18.9 Å². The average molecular weight is 348 g/mol. The van der Waals surface area contributed by atoms with E-state index >= 15 is 0 Å². The van der Waals surface area contributed by atoms with Gasteiger partial charge < -0.3 is 19.9 Å². The third kappa shape index (κ3) is 7.40. The number of benzene rings is 1. The van der Waals surface area contributed by atoms with E-state index in [9.17, 15) is 14.0 Å². The number of nitrogens with one attached hydrogen (secondary N) is 1. The van der Waals surface area contributed by atoms with Crippen molar-refractivity contribution in [1.29, 1.82) is 0 Å². The molecule has 8 heteroatoms. The summed E-state index contributed by atoms with van der Waals surface area (Å²) in [4.78, 5) is 22.8. The van der Waals surface area contributed by atoms with Gasteiger partial charge in [0.15, 0.2) is 0 Å². The number of aliphatic carboxylic acids is 1. The number of carboxylic acid groups (broad SMARTS) is 1. The summed E-state index contributed by atoms with van der Waals surface area (Å²) >= 11 is 5.60. The molecule has 1 aromatic rings. The van der Waals surface area contributed by atoms with Gasteiger partial charge in [-0.25, -0.2) is 4.39 Å². The van der Waals surface area contributed by atoms with Crippen LogP contribution < -0.4 is 5.32 Å². The molecule has 1 rings (SSSR count). The quantitative estimate of drug-likeness (QED) is 0.634. The van der Waals surface area contributed by atoms with Crippen LogP contribution in [0.25, 0.3) is 0 Å². The molecule has 1 unspecified atom stereocenters. The Labute approximate surface area is 138 Å². The number of ether oxygens (including phenoxy) is 2. The van der Waals surface area contributed by atoms with Crippen molar-refractivity contribution < 1.29 is 28.6 Å². The van der Waals surface area contributed by atoms with Gasteiger partial charge in [-0.15, -0.1) is 0 Å². The van der Waals surface area contributed by atoms with E-state index in [0.717, 1.165) is 6.07 Å². The van der Waals surface area contributed by atoms with Crippen LogP contribution in [0.5, 0.6) is 0 Å². The Hall–Kier alpha value is -1.70. The average Bonchev–Trinajstić information content (AvgIpc) is 2.48. The first kappa shape index (κ1) is 19.3. The Bertz CT molecular complexity index is 541. The van der Waals surface area contributed by atoms with Gasteiger partial charge in [-0.3, -0.25) is 9.59 Å². The molecular weight excluding hydrogens is 329 g/mol. The first-order valence-electron chi connectivity index (χ1n) is 6.96. The second-order valence-corrected chi connectivity index (χ2v) is 5.15. The molecule has 23 heavy (non-hydrogen) atoms. The lowest BCUT2D eigenvalue weighted by atomic mass is 10.0. The Morgan fingerprint density at radius 2 is 2.09 bits per heavy atom. The maximum Gasteiger partial charge on any atom is 0.305 e. The van der Waals surface area contributed by atoms with E-state index in [2.05, 4.69) is 5.32 Å². The molecule has 128 valence electrons. The molecule has 0 bridgehead atoms. The van der Waals surface area contributed by atoms with Crippen molar-refractivity contribution in [2.75, 3.05) is 26.9 Å². The molecule has 0 saturated heterocycles. The minimum absolute atomic E-state index is 0.0654. The maximum absolute atomic E-state index is 13.5. The summed E-state index contributed by atoms with van der Waals surface area (Å²) < 4.78 is 23.5. The SMILES string of the molecule is COCCOCCC(=O)NC(CC(=O)O)c1ccc(Cl)c(F)c1. The highest BCUT2D eigenvalue weighted by Crippen LogP contribution is 2.22. The van der Waals surface area contributed by atoms with E-state index in [1.54, 1.807) is 0 Å². The molecule has 1 amide bonds. The number of rotatable bonds is 10. The number of hydrogen-bond donors (Lipinski definition) is 2. The van der Waals surface area contributed by atoms with Gasteiger partial charge in [0.2, 0.25) is 5.91 Å². The van der Waals surface area contributed by atoms with E-state index < -0.39 is 17.8 Å². The van der Waals surface area contributed by atoms with Crippen molar-refractivity contribution in [1.82, 2.24) is 5.32 Å². The zero-order chi connectivity index (χ0) is 17.2. The van der Waals surface area contributed by atoms with Crippen LogP contribution in [0.15, 0.2) is 18.2 Å². The second-order valence-electron chi connectivity index (χ2n) is 4.75. The van der Waals surface area contributed by atoms with Crippen molar-refractivity contribution >= 4 is 23.5 Å². The zero-order valence-corrected chi connectivity index (χ0v) is 13.4. The summed E-state index contributed by atoms with van der Waals surface area (Å²) in [7, 11) is 1.54. The summed E-state index contributed by atoms with van der Waals surface area (Å²) in [5.74, 6) is -2.16. The predicted molar refractivity (Wildman–Crippen MR) is 81.9 cm³/mol. The van der Waals surface area contributed by atoms with Gasteiger partial charge in [-0.05, 0) is 17.7 Å². The molecule has 1 aromatic carbocycles. The molecule has 1 atom stereocenters. The molecule has 0 aromatic heterocycles. The first-order chi connectivity index (χ1) is 10.9. The van der Waals surface area contributed by atoms with Crippen molar-refractivity contribution in [3.63, 3.8) is 0 Å². The number of amides is 1. The number of methoxy groups -OCH3 is 1. The lowest BCUT2D eigenvalue weighted by molar-refractivity contribution is -0.137. The fourth-order valence-electron chi connectivity index (χ4n) is 1.83. The molecule has 0 saturated carbocycles. The largest absolute Gasteiger partial charge is 0.481 e. The van der Waals surface area contributed by atoms with E-state index in [-0.39, 0.29) is 30.4 Å². The van der Waals surface area contributed by atoms with E-state index in [1.807, 2.05) is 0 Å². The fraction of sp³-hybridized carbons (Fsp3) is 0.467. The zero-order valence-electron chi connectivity index (χ0n) is 12.7. The molecule has 0 radical (unpaired) electrons. The third-order valence-electron chi connectivity index (χ3n) is 2.97. The van der Waals surface area contributed by atoms with Crippen LogP contribution in [0.4, 0.5) is 4.39 Å². The summed E-state index contributed by atoms with van der Waals surface area (Å²) in [5.41, 5.74) is 0.336. The summed E-state index contributed by atoms with van der Waals surface area (Å²) in [6.07, 6.45) is -0.298. The minimum Gasteiger partial charge on any atom is -0.481 e. The van der Waals surface area contributed by atoms with Crippen molar-refractivity contribution in [2.24, 2.45) is 0 Å². The standard InChI is InChI=1S/C15H19ClFNO5/c1-22-6-7-23-5-4-14(19)18-13(9-15(20)21)10-2-3-11(16)12(17)8-10/h2-3,8,13H,4-7,9H2,1H3,(H,18,19)(H,20,21). The monoisotopic (exact) mass is 347 g/mol. The van der Waals surface area contributed by atoms with Crippen molar-refractivity contribution in [3.8, 4) is 0 Å². The summed E-state index contributed by atoms with van der Waals surface area (Å²) in [6.45, 7) is 0.974. The lowest BCUT2D eigenvalue weighted by Crippen LogP contribution is -2.31. The normalized spacial score (nSPS) is 12.0. The number of halogens is 2. The van der Waals surface area contributed by atoms with Gasteiger partial charge in [0.1, 0.15) is 5.82 Å². The molecule has 2 N–H and O–H groups in total. The molecule has 0 aliphatic rings. The Balaban J connectivity index is 2.62. The first-order valence-corrected chi connectivity index (χ1v) is 7.34. The van der Waals surface area contributed by atoms with Gasteiger partial charge in [-0.1, -0.05) is 17.7 Å². The predicted octanol–water partition coefficient (Wildman–Crippen LogP) is 2.16. The fourth-order valence-corrected chi connectivity index (χ4v) is 1.95. The van der Waals surface area contributed by atoms with Gasteiger partial charge >= 0.3 is 5.97 Å². The molecule has 0 aliphatic heterocycles. The molecule has 0 spiro atoms. The summed E-state index contributed by atoms with van der Waals surface area (Å²) in [5, 5.41) is 11.4. The molecule has 0 heterocycles. The van der Waals surface area contributed by atoms with E-state index in [1.165, 1.54) is 19.2 Å². The Morgan fingerprint density at radius 1 is 1.35 bits per heavy atom. The smallest absolute Gasteiger partial charge is 0.305 e. The van der Waals surface area contributed by atoms with Gasteiger partial charge in [0, 0.05) is 13.5 Å². The molecule has 0 aliphatic carbocycles. The molecule has 0 fully saturated rings. The molecule has 6 nitrogen and oxygen atoms in total. The Kier molecular flexibility index (Phi) is 8.53. The molecular formula is C15H19ClFNO5. The highest BCUT2D eigenvalue weighted by Gasteiger charge is 2.19. The summed E-state index contributed by atoms with van der Waals surface area (Å²) in [6, 6.07) is 3.08. The third-order valence-corrected chi connectivity index (χ3v) is 3.27. The topological polar surface area (TPSA) is 84.9 Å². The van der Waals surface area contributed by atoms with E-state index in [0.29, 0.717) is 18.8 Å². The second kappa shape index (κ2) is 10.1. The van der Waals surface area contributed by atoms with Crippen LogP contribution in [0.1, 0.15) is 24.4 Å². The minimum atomic E-state index is -1.11. The maximum atomic E-state index is 13.5. The van der Waals surface area contributed by atoms with Crippen LogP contribution in [0, 0.1) is 5.82 Å². The highest BCUT2D eigenvalue weighted by molar-refractivity contribution is 6.30. The van der Waals surface area contributed by atoms with Crippen LogP contribution in [-0.2, 0) is 19.1 Å². The van der Waals surface area contributed by atoms with Gasteiger partial charge in [-0.2, -0.15) is 0 Å². The van der Waals surface area contributed by atoms with Gasteiger partial charge in [0.25, 0.3) is 0 Å². The highest BCUT2D eigenvalue weighted by atomic mass is 35.5. The number of carboxylic acids is 1. The number of carbonyl (C=O) groups is 2. The van der Waals surface area contributed by atoms with Crippen LogP contribution in [0.3, 0.4) is 0 Å². The lowest BCUT2D eigenvalue weighted by Gasteiger charge is -2.18. The van der Waals surface area contributed by atoms with E-state index in [4.69, 9.17) is 26.2 Å². The van der Waals surface area contributed by atoms with Crippen molar-refractivity contribution in [3.05, 3.63) is 34.6 Å². The van der Waals surface area contributed by atoms with Crippen LogP contribution in [0.2, 0.25) is 5.02 Å². The number of hydrogen-bond acceptors (Lipinski definition) is 4. The number of carbonyl (C=O) groups excluding carboxylic acids is 1.